The number of H-pyrrole nitrogens is 1. The Kier molecular flexibility index (Phi) is 4.05. The molecule has 0 saturated carbocycles. The lowest BCUT2D eigenvalue weighted by Crippen LogP contribution is -2.22. The molecule has 0 aliphatic carbocycles. The van der Waals surface area contributed by atoms with Gasteiger partial charge in [-0.2, -0.15) is 5.10 Å². The second-order valence-electron chi connectivity index (χ2n) is 2.98. The minimum absolute atomic E-state index is 0.0168. The maximum Gasteiger partial charge on any atom is 0.209 e. The molecule has 0 aliphatic heterocycles. The Balaban J connectivity index is 2.06. The molecule has 7 heteroatoms. The van der Waals surface area contributed by atoms with Crippen molar-refractivity contribution < 1.29 is 8.42 Å². The van der Waals surface area contributed by atoms with E-state index in [2.05, 4.69) is 15.5 Å². The van der Waals surface area contributed by atoms with E-state index in [1.54, 1.807) is 6.20 Å². The van der Waals surface area contributed by atoms with Crippen molar-refractivity contribution in [2.75, 3.05) is 12.3 Å². The van der Waals surface area contributed by atoms with Crippen LogP contribution in [0.3, 0.4) is 0 Å². The van der Waals surface area contributed by atoms with Gasteiger partial charge in [0.05, 0.1) is 5.75 Å². The molecular weight excluding hydrogens is 204 g/mol. The molecule has 1 rings (SSSR count). The third-order valence-electron chi connectivity index (χ3n) is 1.66. The summed E-state index contributed by atoms with van der Waals surface area (Å²) in [4.78, 5) is 0. The third-order valence-corrected chi connectivity index (χ3v) is 2.51. The van der Waals surface area contributed by atoms with Crippen molar-refractivity contribution in [1.82, 2.24) is 15.5 Å². The highest BCUT2D eigenvalue weighted by Crippen LogP contribution is 1.90. The van der Waals surface area contributed by atoms with E-state index in [-0.39, 0.29) is 5.75 Å². The molecule has 4 N–H and O–H groups in total. The van der Waals surface area contributed by atoms with Crippen molar-refractivity contribution in [2.45, 2.75) is 13.0 Å². The molecule has 0 radical (unpaired) electrons. The van der Waals surface area contributed by atoms with Crippen LogP contribution >= 0.6 is 0 Å². The van der Waals surface area contributed by atoms with Crippen molar-refractivity contribution in [1.29, 1.82) is 0 Å². The molecule has 80 valence electrons. The largest absolute Gasteiger partial charge is 0.311 e. The van der Waals surface area contributed by atoms with Gasteiger partial charge < -0.3 is 5.32 Å². The maximum absolute atomic E-state index is 10.6. The minimum atomic E-state index is -3.32. The van der Waals surface area contributed by atoms with E-state index in [4.69, 9.17) is 5.14 Å². The zero-order valence-corrected chi connectivity index (χ0v) is 8.55. The van der Waals surface area contributed by atoms with Gasteiger partial charge in [-0.3, -0.25) is 5.10 Å². The van der Waals surface area contributed by atoms with Gasteiger partial charge in [-0.25, -0.2) is 13.6 Å². The fraction of sp³-hybridized carbons (Fsp3) is 0.571. The van der Waals surface area contributed by atoms with Gasteiger partial charge in [0, 0.05) is 18.4 Å². The Morgan fingerprint density at radius 1 is 1.57 bits per heavy atom. The predicted octanol–water partition coefficient (Wildman–Crippen LogP) is -0.822. The quantitative estimate of drug-likeness (QED) is 0.543. The van der Waals surface area contributed by atoms with Crippen molar-refractivity contribution in [3.63, 3.8) is 0 Å². The van der Waals surface area contributed by atoms with Crippen molar-refractivity contribution in [3.8, 4) is 0 Å². The van der Waals surface area contributed by atoms with E-state index in [9.17, 15) is 8.42 Å². The number of aromatic nitrogens is 2. The molecule has 0 bridgehead atoms. The second kappa shape index (κ2) is 5.08. The van der Waals surface area contributed by atoms with E-state index in [1.165, 1.54) is 0 Å². The number of primary sulfonamides is 1. The van der Waals surface area contributed by atoms with Gasteiger partial charge in [0.2, 0.25) is 10.0 Å². The smallest absolute Gasteiger partial charge is 0.209 e. The summed E-state index contributed by atoms with van der Waals surface area (Å²) >= 11 is 0. The second-order valence-corrected chi connectivity index (χ2v) is 4.71. The van der Waals surface area contributed by atoms with Crippen LogP contribution in [0.4, 0.5) is 0 Å². The summed E-state index contributed by atoms with van der Waals surface area (Å²) in [5, 5.41) is 14.5. The number of hydrogen-bond donors (Lipinski definition) is 3. The fourth-order valence-electron chi connectivity index (χ4n) is 1.00. The topological polar surface area (TPSA) is 101 Å². The lowest BCUT2D eigenvalue weighted by atomic mass is 10.4. The van der Waals surface area contributed by atoms with Crippen LogP contribution in [0.25, 0.3) is 0 Å². The summed E-state index contributed by atoms with van der Waals surface area (Å²) in [5.41, 5.74) is 0.973. The van der Waals surface area contributed by atoms with Crippen LogP contribution in [0.2, 0.25) is 0 Å². The molecule has 0 aromatic carbocycles. The molecule has 0 aliphatic rings. The summed E-state index contributed by atoms with van der Waals surface area (Å²) in [7, 11) is -3.32. The van der Waals surface area contributed by atoms with Crippen LogP contribution in [-0.4, -0.2) is 30.9 Å². The Bertz CT molecular complexity index is 346. The molecule has 0 fully saturated rings. The number of sulfonamides is 1. The monoisotopic (exact) mass is 218 g/mol. The highest BCUT2D eigenvalue weighted by molar-refractivity contribution is 7.89. The van der Waals surface area contributed by atoms with E-state index in [0.717, 1.165) is 5.69 Å². The SMILES string of the molecule is NS(=O)(=O)CCCNCc1ccn[nH]1. The van der Waals surface area contributed by atoms with E-state index in [1.807, 2.05) is 6.07 Å². The Labute approximate surface area is 82.9 Å². The number of nitrogens with two attached hydrogens (primary N) is 1. The van der Waals surface area contributed by atoms with Crippen LogP contribution < -0.4 is 10.5 Å². The first kappa shape index (κ1) is 11.2. The lowest BCUT2D eigenvalue weighted by Gasteiger charge is -2.01. The van der Waals surface area contributed by atoms with Crippen LogP contribution in [0, 0.1) is 0 Å². The first-order chi connectivity index (χ1) is 6.58. The van der Waals surface area contributed by atoms with Crippen molar-refractivity contribution >= 4 is 10.0 Å². The molecule has 1 aromatic rings. The molecule has 14 heavy (non-hydrogen) atoms. The summed E-state index contributed by atoms with van der Waals surface area (Å²) in [6, 6.07) is 1.85. The van der Waals surface area contributed by atoms with Crippen LogP contribution in [0.15, 0.2) is 12.3 Å². The summed E-state index contributed by atoms with van der Waals surface area (Å²) in [6.07, 6.45) is 2.19. The standard InChI is InChI=1S/C7H14N4O2S/c8-14(12,13)5-1-3-9-6-7-2-4-10-11-7/h2,4,9H,1,3,5-6H2,(H,10,11)(H2,8,12,13). The average molecular weight is 218 g/mol. The highest BCUT2D eigenvalue weighted by atomic mass is 32.2. The maximum atomic E-state index is 10.6. The molecule has 0 amide bonds. The van der Waals surface area contributed by atoms with Crippen LogP contribution in [-0.2, 0) is 16.6 Å². The summed E-state index contributed by atoms with van der Waals surface area (Å²) < 4.78 is 21.1. The van der Waals surface area contributed by atoms with E-state index >= 15 is 0 Å². The summed E-state index contributed by atoms with van der Waals surface area (Å²) in [6.45, 7) is 1.28. The number of nitrogens with one attached hydrogen (secondary N) is 2. The number of nitrogens with zero attached hydrogens (tertiary/aromatic N) is 1. The first-order valence-electron chi connectivity index (χ1n) is 4.27. The van der Waals surface area contributed by atoms with Gasteiger partial charge in [0.25, 0.3) is 0 Å². The number of aromatic amines is 1. The molecule has 6 nitrogen and oxygen atoms in total. The zero-order chi connectivity index (χ0) is 10.4. The number of rotatable bonds is 6. The molecule has 0 spiro atoms. The molecule has 0 atom stereocenters. The van der Waals surface area contributed by atoms with Gasteiger partial charge in [0.1, 0.15) is 0 Å². The van der Waals surface area contributed by atoms with Gasteiger partial charge in [-0.05, 0) is 19.0 Å². The molecule has 0 saturated heterocycles. The van der Waals surface area contributed by atoms with Gasteiger partial charge in [-0.15, -0.1) is 0 Å². The van der Waals surface area contributed by atoms with Crippen LogP contribution in [0.5, 0.6) is 0 Å². The molecule has 0 unspecified atom stereocenters. The van der Waals surface area contributed by atoms with E-state index in [0.29, 0.717) is 19.5 Å². The third kappa shape index (κ3) is 4.95. The Morgan fingerprint density at radius 3 is 2.93 bits per heavy atom. The normalized spacial score (nSPS) is 11.8. The van der Waals surface area contributed by atoms with Crippen molar-refractivity contribution in [3.05, 3.63) is 18.0 Å². The molecular formula is C7H14N4O2S. The Morgan fingerprint density at radius 2 is 2.36 bits per heavy atom. The minimum Gasteiger partial charge on any atom is -0.311 e. The average Bonchev–Trinajstić information content (AvgIpc) is 2.54. The lowest BCUT2D eigenvalue weighted by molar-refractivity contribution is 0.589. The first-order valence-corrected chi connectivity index (χ1v) is 5.99. The van der Waals surface area contributed by atoms with Crippen molar-refractivity contribution in [2.24, 2.45) is 5.14 Å². The van der Waals surface area contributed by atoms with Gasteiger partial charge in [0.15, 0.2) is 0 Å². The van der Waals surface area contributed by atoms with Gasteiger partial charge >= 0.3 is 0 Å². The zero-order valence-electron chi connectivity index (χ0n) is 7.73. The Hall–Kier alpha value is -0.920. The van der Waals surface area contributed by atoms with Gasteiger partial charge in [-0.1, -0.05) is 0 Å². The highest BCUT2D eigenvalue weighted by Gasteiger charge is 2.01. The summed E-state index contributed by atoms with van der Waals surface area (Å²) in [5.74, 6) is 0.0168. The molecule has 1 heterocycles. The molecule has 1 aromatic heterocycles. The predicted molar refractivity (Wildman–Crippen MR) is 52.9 cm³/mol. The van der Waals surface area contributed by atoms with E-state index < -0.39 is 10.0 Å². The van der Waals surface area contributed by atoms with Crippen LogP contribution in [0.1, 0.15) is 12.1 Å². The number of hydrogen-bond acceptors (Lipinski definition) is 4. The fourth-order valence-corrected chi connectivity index (χ4v) is 1.55.